The van der Waals surface area contributed by atoms with Crippen LogP contribution in [0.5, 0.6) is 0 Å². The van der Waals surface area contributed by atoms with E-state index in [1.165, 1.54) is 16.4 Å². The number of nitrogens with zero attached hydrogens (tertiary/aromatic N) is 6. The molecule has 152 valence electrons. The average Bonchev–Trinajstić information content (AvgIpc) is 3.46. The molecule has 1 aliphatic carbocycles. The van der Waals surface area contributed by atoms with E-state index in [-0.39, 0.29) is 29.5 Å². The molecule has 30 heavy (non-hydrogen) atoms. The van der Waals surface area contributed by atoms with Gasteiger partial charge >= 0.3 is 0 Å². The third-order valence-electron chi connectivity index (χ3n) is 5.32. The van der Waals surface area contributed by atoms with E-state index in [4.69, 9.17) is 0 Å². The van der Waals surface area contributed by atoms with Crippen molar-refractivity contribution >= 4 is 28.3 Å². The number of carbonyl (C=O) groups is 1. The highest BCUT2D eigenvalue weighted by Gasteiger charge is 2.27. The molecule has 9 heteroatoms. The Morgan fingerprint density at radius 2 is 2.03 bits per heavy atom. The van der Waals surface area contributed by atoms with Crippen molar-refractivity contribution in [1.29, 1.82) is 0 Å². The number of benzene rings is 1. The van der Waals surface area contributed by atoms with Gasteiger partial charge in [-0.1, -0.05) is 19.9 Å². The molecule has 0 spiro atoms. The molecule has 3 aromatic heterocycles. The topological polar surface area (TPSA) is 107 Å². The molecule has 0 saturated heterocycles. The van der Waals surface area contributed by atoms with Gasteiger partial charge in [0.05, 0.1) is 18.0 Å². The van der Waals surface area contributed by atoms with Crippen LogP contribution in [0.1, 0.15) is 49.9 Å². The molecule has 9 nitrogen and oxygen atoms in total. The number of aromatic nitrogens is 6. The van der Waals surface area contributed by atoms with Crippen LogP contribution in [0, 0.1) is 0 Å². The second-order valence-electron chi connectivity index (χ2n) is 7.96. The fourth-order valence-corrected chi connectivity index (χ4v) is 3.52. The van der Waals surface area contributed by atoms with E-state index < -0.39 is 0 Å². The molecule has 1 saturated carbocycles. The van der Waals surface area contributed by atoms with Crippen molar-refractivity contribution in [3.8, 4) is 0 Å². The first-order valence-corrected chi connectivity index (χ1v) is 10.0. The van der Waals surface area contributed by atoms with Gasteiger partial charge in [0, 0.05) is 5.39 Å². The largest absolute Gasteiger partial charge is 0.309 e. The molecule has 3 heterocycles. The lowest BCUT2D eigenvalue weighted by molar-refractivity contribution is -0.115. The number of carbonyl (C=O) groups excluding carboxylic acids is 1. The smallest absolute Gasteiger partial charge is 0.231 e. The predicted octanol–water partition coefficient (Wildman–Crippen LogP) is 2.47. The van der Waals surface area contributed by atoms with Crippen molar-refractivity contribution in [2.45, 2.75) is 45.1 Å². The predicted molar refractivity (Wildman–Crippen MR) is 111 cm³/mol. The Labute approximate surface area is 171 Å². The molecule has 0 bridgehead atoms. The maximum absolute atomic E-state index is 13.0. The lowest BCUT2D eigenvalue weighted by atomic mass is 10.0. The van der Waals surface area contributed by atoms with Gasteiger partial charge in [-0.3, -0.25) is 14.3 Å². The second kappa shape index (κ2) is 7.01. The summed E-state index contributed by atoms with van der Waals surface area (Å²) in [5.41, 5.74) is 2.64. The van der Waals surface area contributed by atoms with Crippen LogP contribution in [-0.2, 0) is 11.2 Å². The lowest BCUT2D eigenvalue weighted by Crippen LogP contribution is -2.25. The summed E-state index contributed by atoms with van der Waals surface area (Å²) < 4.78 is 3.39. The monoisotopic (exact) mass is 403 g/mol. The first-order chi connectivity index (χ1) is 14.5. The highest BCUT2D eigenvalue weighted by atomic mass is 16.2. The Kier molecular flexibility index (Phi) is 4.30. The van der Waals surface area contributed by atoms with Crippen LogP contribution in [0.2, 0.25) is 0 Å². The summed E-state index contributed by atoms with van der Waals surface area (Å²) in [5, 5.41) is 19.8. The number of rotatable bonds is 5. The van der Waals surface area contributed by atoms with Crippen molar-refractivity contribution < 1.29 is 4.79 Å². The molecule has 1 N–H and O–H groups in total. The van der Waals surface area contributed by atoms with E-state index in [9.17, 15) is 9.59 Å². The summed E-state index contributed by atoms with van der Waals surface area (Å²) in [6.45, 7) is 4.25. The van der Waals surface area contributed by atoms with Crippen LogP contribution in [0.15, 0.2) is 41.5 Å². The maximum Gasteiger partial charge on any atom is 0.231 e. The van der Waals surface area contributed by atoms with Crippen LogP contribution in [0.25, 0.3) is 16.6 Å². The summed E-state index contributed by atoms with van der Waals surface area (Å²) in [6.07, 6.45) is 3.40. The fourth-order valence-electron chi connectivity index (χ4n) is 3.52. The van der Waals surface area contributed by atoms with Gasteiger partial charge in [-0.05, 0) is 48.6 Å². The third kappa shape index (κ3) is 3.32. The van der Waals surface area contributed by atoms with E-state index >= 15 is 0 Å². The summed E-state index contributed by atoms with van der Waals surface area (Å²) in [7, 11) is 0. The molecule has 0 aliphatic heterocycles. The molecule has 0 radical (unpaired) electrons. The summed E-state index contributed by atoms with van der Waals surface area (Å²) in [5.74, 6) is 0.371. The van der Waals surface area contributed by atoms with Gasteiger partial charge < -0.3 is 5.32 Å². The molecule has 1 aromatic carbocycles. The van der Waals surface area contributed by atoms with E-state index in [0.29, 0.717) is 22.8 Å². The minimum atomic E-state index is -0.347. The number of amides is 1. The zero-order valence-corrected chi connectivity index (χ0v) is 16.7. The van der Waals surface area contributed by atoms with Gasteiger partial charge in [0.15, 0.2) is 11.5 Å². The third-order valence-corrected chi connectivity index (χ3v) is 5.32. The minimum absolute atomic E-state index is 0.116. The van der Waals surface area contributed by atoms with Crippen LogP contribution in [-0.4, -0.2) is 35.5 Å². The van der Waals surface area contributed by atoms with Crippen LogP contribution < -0.4 is 10.7 Å². The van der Waals surface area contributed by atoms with E-state index in [1.807, 2.05) is 16.8 Å². The average molecular weight is 403 g/mol. The quantitative estimate of drug-likeness (QED) is 0.549. The van der Waals surface area contributed by atoms with Gasteiger partial charge in [0.25, 0.3) is 0 Å². The van der Waals surface area contributed by atoms with Gasteiger partial charge in [0.2, 0.25) is 11.3 Å². The summed E-state index contributed by atoms with van der Waals surface area (Å²) in [6, 6.07) is 9.52. The lowest BCUT2D eigenvalue weighted by Gasteiger charge is -2.14. The summed E-state index contributed by atoms with van der Waals surface area (Å²) >= 11 is 0. The minimum Gasteiger partial charge on any atom is -0.309 e. The molecule has 0 unspecified atom stereocenters. The Balaban J connectivity index is 1.47. The van der Waals surface area contributed by atoms with Gasteiger partial charge in [-0.2, -0.15) is 9.61 Å². The van der Waals surface area contributed by atoms with Crippen molar-refractivity contribution in [2.75, 3.05) is 5.32 Å². The molecule has 1 aliphatic rings. The van der Waals surface area contributed by atoms with Crippen LogP contribution in [0.3, 0.4) is 0 Å². The molecule has 1 fully saturated rings. The normalized spacial score (nSPS) is 14.0. The molecular weight excluding hydrogens is 382 g/mol. The van der Waals surface area contributed by atoms with Gasteiger partial charge in [-0.15, -0.1) is 15.3 Å². The molecule has 4 aromatic rings. The van der Waals surface area contributed by atoms with E-state index in [0.717, 1.165) is 18.4 Å². The Morgan fingerprint density at radius 3 is 2.80 bits per heavy atom. The summed E-state index contributed by atoms with van der Waals surface area (Å²) in [4.78, 5) is 25.6. The SMILES string of the molecule is CC(C)c1ccc2c(=O)c(CC(=O)Nc3ccc4nncn4n3)nn(C3CC3)c2c1. The van der Waals surface area contributed by atoms with Crippen molar-refractivity contribution in [3.05, 3.63) is 58.1 Å². The second-order valence-corrected chi connectivity index (χ2v) is 7.96. The molecule has 5 rings (SSSR count). The van der Waals surface area contributed by atoms with Crippen LogP contribution >= 0.6 is 0 Å². The number of hydrogen-bond donors (Lipinski definition) is 1. The number of nitrogens with one attached hydrogen (secondary N) is 1. The first-order valence-electron chi connectivity index (χ1n) is 10.0. The van der Waals surface area contributed by atoms with Crippen molar-refractivity contribution in [1.82, 2.24) is 29.6 Å². The number of fused-ring (bicyclic) bond motifs is 2. The van der Waals surface area contributed by atoms with E-state index in [1.54, 1.807) is 12.1 Å². The Bertz CT molecular complexity index is 1330. The standard InChI is InChI=1S/C21H21N7O2/c1-12(2)13-3-6-15-17(9-13)28(14-4-5-14)25-16(21(15)30)10-20(29)23-18-7-8-19-24-22-11-27(19)26-18/h3,6-9,11-12,14H,4-5,10H2,1-2H3,(H,23,26,29). The van der Waals surface area contributed by atoms with Crippen molar-refractivity contribution in [3.63, 3.8) is 0 Å². The van der Waals surface area contributed by atoms with E-state index in [2.05, 4.69) is 45.6 Å². The van der Waals surface area contributed by atoms with Gasteiger partial charge in [0.1, 0.15) is 12.0 Å². The zero-order valence-electron chi connectivity index (χ0n) is 16.7. The Hall–Kier alpha value is -3.62. The van der Waals surface area contributed by atoms with Crippen LogP contribution in [0.4, 0.5) is 5.82 Å². The van der Waals surface area contributed by atoms with Gasteiger partial charge in [-0.25, -0.2) is 0 Å². The maximum atomic E-state index is 13.0. The molecule has 1 amide bonds. The first kappa shape index (κ1) is 18.4. The fraction of sp³-hybridized carbons (Fsp3) is 0.333. The number of anilines is 1. The number of hydrogen-bond acceptors (Lipinski definition) is 6. The zero-order chi connectivity index (χ0) is 20.8. The highest BCUT2D eigenvalue weighted by molar-refractivity contribution is 5.91. The highest BCUT2D eigenvalue weighted by Crippen LogP contribution is 2.36. The van der Waals surface area contributed by atoms with Crippen molar-refractivity contribution in [2.24, 2.45) is 0 Å². The molecular formula is C21H21N7O2. The Morgan fingerprint density at radius 1 is 1.20 bits per heavy atom. The molecule has 0 atom stereocenters.